The van der Waals surface area contributed by atoms with Gasteiger partial charge in [-0.2, -0.15) is 0 Å². The van der Waals surface area contributed by atoms with Crippen LogP contribution in [0.1, 0.15) is 17.5 Å². The van der Waals surface area contributed by atoms with E-state index in [4.69, 9.17) is 9.47 Å². The van der Waals surface area contributed by atoms with E-state index in [1.165, 1.54) is 6.07 Å². The Bertz CT molecular complexity index is 715. The van der Waals surface area contributed by atoms with Gasteiger partial charge in [-0.15, -0.1) is 0 Å². The van der Waals surface area contributed by atoms with E-state index >= 15 is 0 Å². The topological polar surface area (TPSA) is 47.6 Å². The number of ether oxygens (including phenoxy) is 2. The van der Waals surface area contributed by atoms with Gasteiger partial charge in [-0.1, -0.05) is 12.1 Å². The van der Waals surface area contributed by atoms with E-state index in [2.05, 4.69) is 5.32 Å². The summed E-state index contributed by atoms with van der Waals surface area (Å²) in [4.78, 5) is 11.9. The van der Waals surface area contributed by atoms with Crippen LogP contribution >= 0.6 is 0 Å². The van der Waals surface area contributed by atoms with Crippen molar-refractivity contribution in [2.45, 2.75) is 19.8 Å². The molecule has 0 radical (unpaired) electrons. The Morgan fingerprint density at radius 1 is 1.18 bits per heavy atom. The first-order chi connectivity index (χ1) is 10.6. The third-order valence-electron chi connectivity index (χ3n) is 3.53. The molecule has 1 amide bonds. The van der Waals surface area contributed by atoms with Crippen molar-refractivity contribution < 1.29 is 18.7 Å². The molecule has 0 unspecified atom stereocenters. The lowest BCUT2D eigenvalue weighted by atomic mass is 10.1. The summed E-state index contributed by atoms with van der Waals surface area (Å²) in [6.07, 6.45) is 0.895. The third kappa shape index (κ3) is 3.19. The van der Waals surface area contributed by atoms with E-state index in [0.717, 1.165) is 11.3 Å². The zero-order valence-corrected chi connectivity index (χ0v) is 12.2. The van der Waals surface area contributed by atoms with Crippen LogP contribution in [0.25, 0.3) is 0 Å². The second-order valence-corrected chi connectivity index (χ2v) is 5.20. The number of hydrogen-bond acceptors (Lipinski definition) is 3. The van der Waals surface area contributed by atoms with Crippen LogP contribution in [0.4, 0.5) is 10.1 Å². The van der Waals surface area contributed by atoms with Crippen molar-refractivity contribution in [1.29, 1.82) is 0 Å². The molecule has 22 heavy (non-hydrogen) atoms. The first-order valence-corrected chi connectivity index (χ1v) is 7.06. The predicted molar refractivity (Wildman–Crippen MR) is 80.7 cm³/mol. The molecule has 2 aromatic carbocycles. The first-order valence-electron chi connectivity index (χ1n) is 7.06. The van der Waals surface area contributed by atoms with Crippen molar-refractivity contribution in [3.05, 3.63) is 53.3 Å². The second kappa shape index (κ2) is 6.05. The highest BCUT2D eigenvalue weighted by Gasteiger charge is 2.13. The number of carbonyl (C=O) groups is 1. The number of halogens is 1. The SMILES string of the molecule is Cc1ccc(NC(=O)CCc2ccc3c(c2)OCO3)cc1F. The van der Waals surface area contributed by atoms with Crippen LogP contribution in [0.2, 0.25) is 0 Å². The molecule has 5 heteroatoms. The molecule has 0 bridgehead atoms. The summed E-state index contributed by atoms with van der Waals surface area (Å²) < 4.78 is 24.0. The number of nitrogens with one attached hydrogen (secondary N) is 1. The van der Waals surface area contributed by atoms with Crippen LogP contribution in [0.15, 0.2) is 36.4 Å². The molecule has 4 nitrogen and oxygen atoms in total. The van der Waals surface area contributed by atoms with Crippen molar-refractivity contribution >= 4 is 11.6 Å². The van der Waals surface area contributed by atoms with Gasteiger partial charge in [0, 0.05) is 12.1 Å². The number of hydrogen-bond donors (Lipinski definition) is 1. The van der Waals surface area contributed by atoms with Gasteiger partial charge in [-0.3, -0.25) is 4.79 Å². The summed E-state index contributed by atoms with van der Waals surface area (Å²) in [5.74, 6) is 0.955. The number of fused-ring (bicyclic) bond motifs is 1. The molecule has 1 aliphatic heterocycles. The molecule has 1 aliphatic rings. The summed E-state index contributed by atoms with van der Waals surface area (Å²) in [6.45, 7) is 1.92. The second-order valence-electron chi connectivity index (χ2n) is 5.20. The maximum atomic E-state index is 13.4. The summed E-state index contributed by atoms with van der Waals surface area (Å²) in [5, 5.41) is 2.70. The first kappa shape index (κ1) is 14.4. The summed E-state index contributed by atoms with van der Waals surface area (Å²) in [5.41, 5.74) is 2.02. The summed E-state index contributed by atoms with van der Waals surface area (Å²) in [6, 6.07) is 10.3. The van der Waals surface area contributed by atoms with Gasteiger partial charge in [0.1, 0.15) is 5.82 Å². The molecule has 0 aliphatic carbocycles. The van der Waals surface area contributed by atoms with Crippen LogP contribution in [-0.2, 0) is 11.2 Å². The molecule has 3 rings (SSSR count). The highest BCUT2D eigenvalue weighted by Crippen LogP contribution is 2.32. The highest BCUT2D eigenvalue weighted by molar-refractivity contribution is 5.90. The van der Waals surface area contributed by atoms with E-state index in [0.29, 0.717) is 29.8 Å². The van der Waals surface area contributed by atoms with Gasteiger partial charge >= 0.3 is 0 Å². The summed E-state index contributed by atoms with van der Waals surface area (Å²) >= 11 is 0. The molecule has 0 fully saturated rings. The van der Waals surface area contributed by atoms with Crippen molar-refractivity contribution in [3.63, 3.8) is 0 Å². The van der Waals surface area contributed by atoms with Crippen molar-refractivity contribution in [3.8, 4) is 11.5 Å². The van der Waals surface area contributed by atoms with Crippen molar-refractivity contribution in [2.24, 2.45) is 0 Å². The molecule has 114 valence electrons. The molecule has 0 atom stereocenters. The predicted octanol–water partition coefficient (Wildman–Crippen LogP) is 3.43. The number of anilines is 1. The molecular weight excluding hydrogens is 285 g/mol. The normalized spacial score (nSPS) is 12.3. The van der Waals surface area contributed by atoms with E-state index in [1.54, 1.807) is 19.1 Å². The lowest BCUT2D eigenvalue weighted by Gasteiger charge is -2.07. The molecule has 1 N–H and O–H groups in total. The van der Waals surface area contributed by atoms with Gasteiger partial charge < -0.3 is 14.8 Å². The minimum Gasteiger partial charge on any atom is -0.454 e. The quantitative estimate of drug-likeness (QED) is 0.941. The number of amides is 1. The van der Waals surface area contributed by atoms with Gasteiger partial charge in [0.25, 0.3) is 0 Å². The standard InChI is InChI=1S/C17H16FNO3/c1-11-2-5-13(9-14(11)18)19-17(20)7-4-12-3-6-15-16(8-12)22-10-21-15/h2-3,5-6,8-9H,4,7,10H2,1H3,(H,19,20). The average Bonchev–Trinajstić information content (AvgIpc) is 2.96. The van der Waals surface area contributed by atoms with Gasteiger partial charge in [0.05, 0.1) is 0 Å². The van der Waals surface area contributed by atoms with E-state index in [-0.39, 0.29) is 18.5 Å². The van der Waals surface area contributed by atoms with Gasteiger partial charge in [0.2, 0.25) is 12.7 Å². The molecular formula is C17H16FNO3. The number of rotatable bonds is 4. The fourth-order valence-corrected chi connectivity index (χ4v) is 2.25. The van der Waals surface area contributed by atoms with Crippen LogP contribution in [0.5, 0.6) is 11.5 Å². The zero-order valence-electron chi connectivity index (χ0n) is 12.2. The number of benzene rings is 2. The largest absolute Gasteiger partial charge is 0.454 e. The minimum absolute atomic E-state index is 0.152. The third-order valence-corrected chi connectivity index (χ3v) is 3.53. The lowest BCUT2D eigenvalue weighted by molar-refractivity contribution is -0.116. The Balaban J connectivity index is 1.57. The monoisotopic (exact) mass is 301 g/mol. The van der Waals surface area contributed by atoms with Crippen LogP contribution < -0.4 is 14.8 Å². The molecule has 0 saturated carbocycles. The number of aryl methyl sites for hydroxylation is 2. The van der Waals surface area contributed by atoms with Crippen molar-refractivity contribution in [2.75, 3.05) is 12.1 Å². The van der Waals surface area contributed by atoms with Crippen molar-refractivity contribution in [1.82, 2.24) is 0 Å². The Morgan fingerprint density at radius 2 is 2.00 bits per heavy atom. The summed E-state index contributed by atoms with van der Waals surface area (Å²) in [7, 11) is 0. The smallest absolute Gasteiger partial charge is 0.231 e. The number of carbonyl (C=O) groups excluding carboxylic acids is 1. The molecule has 0 saturated heterocycles. The van der Waals surface area contributed by atoms with Gasteiger partial charge in [0.15, 0.2) is 11.5 Å². The minimum atomic E-state index is -0.325. The van der Waals surface area contributed by atoms with Crippen LogP contribution in [0.3, 0.4) is 0 Å². The maximum Gasteiger partial charge on any atom is 0.231 e. The Morgan fingerprint density at radius 3 is 2.82 bits per heavy atom. The fraction of sp³-hybridized carbons (Fsp3) is 0.235. The van der Waals surface area contributed by atoms with E-state index in [1.807, 2.05) is 18.2 Å². The van der Waals surface area contributed by atoms with Crippen LogP contribution in [-0.4, -0.2) is 12.7 Å². The molecule has 0 spiro atoms. The fourth-order valence-electron chi connectivity index (χ4n) is 2.25. The Labute approximate surface area is 127 Å². The maximum absolute atomic E-state index is 13.4. The average molecular weight is 301 g/mol. The Kier molecular flexibility index (Phi) is 3.96. The van der Waals surface area contributed by atoms with Gasteiger partial charge in [-0.25, -0.2) is 4.39 Å². The molecule has 1 heterocycles. The van der Waals surface area contributed by atoms with Gasteiger partial charge in [-0.05, 0) is 48.7 Å². The van der Waals surface area contributed by atoms with E-state index < -0.39 is 0 Å². The Hall–Kier alpha value is -2.56. The lowest BCUT2D eigenvalue weighted by Crippen LogP contribution is -2.12. The van der Waals surface area contributed by atoms with E-state index in [9.17, 15) is 9.18 Å². The highest BCUT2D eigenvalue weighted by atomic mass is 19.1. The zero-order chi connectivity index (χ0) is 15.5. The molecule has 0 aromatic heterocycles. The van der Waals surface area contributed by atoms with Crippen LogP contribution in [0, 0.1) is 12.7 Å². The molecule has 2 aromatic rings.